The highest BCUT2D eigenvalue weighted by Gasteiger charge is 2.31. The van der Waals surface area contributed by atoms with E-state index in [1.165, 1.54) is 57.8 Å². The van der Waals surface area contributed by atoms with Gasteiger partial charge < -0.3 is 0 Å². The van der Waals surface area contributed by atoms with Crippen LogP contribution in [0.4, 0.5) is 0 Å². The van der Waals surface area contributed by atoms with Gasteiger partial charge in [-0.25, -0.2) is 0 Å². The Morgan fingerprint density at radius 2 is 1.69 bits per heavy atom. The van der Waals surface area contributed by atoms with Crippen LogP contribution in [0.2, 0.25) is 0 Å². The van der Waals surface area contributed by atoms with Gasteiger partial charge >= 0.3 is 0 Å². The van der Waals surface area contributed by atoms with E-state index < -0.39 is 0 Å². The second-order valence-electron chi connectivity index (χ2n) is 6.02. The third-order valence-corrected chi connectivity index (χ3v) is 4.66. The van der Waals surface area contributed by atoms with Crippen molar-refractivity contribution in [3.8, 4) is 0 Å². The highest BCUT2D eigenvalue weighted by atomic mass is 15.2. The zero-order chi connectivity index (χ0) is 11.4. The fourth-order valence-corrected chi connectivity index (χ4v) is 3.40. The summed E-state index contributed by atoms with van der Waals surface area (Å²) in [6.07, 6.45) is 12.7. The molecule has 0 aromatic heterocycles. The molecule has 16 heavy (non-hydrogen) atoms. The van der Waals surface area contributed by atoms with Crippen LogP contribution in [-0.4, -0.2) is 6.04 Å². The van der Waals surface area contributed by atoms with Crippen LogP contribution < -0.4 is 11.3 Å². The molecule has 2 rings (SSSR count). The molecule has 2 nitrogen and oxygen atoms in total. The van der Waals surface area contributed by atoms with Crippen molar-refractivity contribution in [3.63, 3.8) is 0 Å². The molecule has 0 bridgehead atoms. The monoisotopic (exact) mass is 224 g/mol. The largest absolute Gasteiger partial charge is 0.271 e. The van der Waals surface area contributed by atoms with Crippen LogP contribution in [0.5, 0.6) is 0 Å². The molecule has 0 aromatic rings. The van der Waals surface area contributed by atoms with E-state index in [0.717, 1.165) is 17.8 Å². The second kappa shape index (κ2) is 6.02. The van der Waals surface area contributed by atoms with Gasteiger partial charge in [-0.2, -0.15) is 0 Å². The first kappa shape index (κ1) is 12.4. The number of hydrogen-bond donors (Lipinski definition) is 2. The topological polar surface area (TPSA) is 38.0 Å². The normalized spacial score (nSPS) is 32.6. The average molecular weight is 224 g/mol. The molecule has 0 aliphatic heterocycles. The smallest absolute Gasteiger partial charge is 0.0241 e. The van der Waals surface area contributed by atoms with Gasteiger partial charge in [0.1, 0.15) is 0 Å². The summed E-state index contributed by atoms with van der Waals surface area (Å²) < 4.78 is 0. The minimum atomic E-state index is 0.607. The molecule has 2 saturated carbocycles. The van der Waals surface area contributed by atoms with Crippen LogP contribution in [0, 0.1) is 17.8 Å². The molecule has 0 aromatic carbocycles. The van der Waals surface area contributed by atoms with Crippen molar-refractivity contribution < 1.29 is 0 Å². The summed E-state index contributed by atoms with van der Waals surface area (Å²) in [5.41, 5.74) is 3.09. The summed E-state index contributed by atoms with van der Waals surface area (Å²) in [5.74, 6) is 8.59. The molecular weight excluding hydrogens is 196 g/mol. The zero-order valence-electron chi connectivity index (χ0n) is 10.8. The summed E-state index contributed by atoms with van der Waals surface area (Å²) in [6.45, 7) is 2.31. The Labute approximate surface area is 100 Å². The fraction of sp³-hybridized carbons (Fsp3) is 1.00. The van der Waals surface area contributed by atoms with E-state index in [2.05, 4.69) is 12.3 Å². The molecule has 0 spiro atoms. The highest BCUT2D eigenvalue weighted by Crippen LogP contribution is 2.39. The van der Waals surface area contributed by atoms with E-state index in [-0.39, 0.29) is 0 Å². The zero-order valence-corrected chi connectivity index (χ0v) is 10.8. The van der Waals surface area contributed by atoms with Crippen molar-refractivity contribution >= 4 is 0 Å². The fourth-order valence-electron chi connectivity index (χ4n) is 3.40. The third-order valence-electron chi connectivity index (χ3n) is 4.66. The molecule has 0 saturated heterocycles. The average Bonchev–Trinajstić information content (AvgIpc) is 3.11. The van der Waals surface area contributed by atoms with E-state index >= 15 is 0 Å². The minimum absolute atomic E-state index is 0.607. The molecule has 2 heteroatoms. The van der Waals surface area contributed by atoms with Gasteiger partial charge in [0.05, 0.1) is 0 Å². The SMILES string of the molecule is CCCC1CCC(C(CC2CC2)NN)CC1. The molecule has 0 radical (unpaired) electrons. The predicted molar refractivity (Wildman–Crippen MR) is 68.8 cm³/mol. The number of nitrogens with two attached hydrogens (primary N) is 1. The van der Waals surface area contributed by atoms with Crippen LogP contribution in [0.15, 0.2) is 0 Å². The third kappa shape index (κ3) is 3.46. The minimum Gasteiger partial charge on any atom is -0.271 e. The van der Waals surface area contributed by atoms with Crippen molar-refractivity contribution in [1.29, 1.82) is 0 Å². The van der Waals surface area contributed by atoms with Gasteiger partial charge in [-0.15, -0.1) is 0 Å². The van der Waals surface area contributed by atoms with Gasteiger partial charge in [-0.05, 0) is 37.0 Å². The summed E-state index contributed by atoms with van der Waals surface area (Å²) in [7, 11) is 0. The van der Waals surface area contributed by atoms with Crippen LogP contribution in [0.1, 0.15) is 64.7 Å². The van der Waals surface area contributed by atoms with E-state index in [1.807, 2.05) is 0 Å². The van der Waals surface area contributed by atoms with Crippen molar-refractivity contribution in [2.75, 3.05) is 0 Å². The number of hydrogen-bond acceptors (Lipinski definition) is 2. The Bertz CT molecular complexity index is 193. The van der Waals surface area contributed by atoms with Crippen LogP contribution in [0.3, 0.4) is 0 Å². The number of hydrazine groups is 1. The second-order valence-corrected chi connectivity index (χ2v) is 6.02. The molecule has 2 aliphatic rings. The number of nitrogens with one attached hydrogen (secondary N) is 1. The van der Waals surface area contributed by atoms with Gasteiger partial charge in [0.2, 0.25) is 0 Å². The Morgan fingerprint density at radius 3 is 2.19 bits per heavy atom. The Morgan fingerprint density at radius 1 is 1.06 bits per heavy atom. The molecule has 0 amide bonds. The lowest BCUT2D eigenvalue weighted by Gasteiger charge is -2.33. The lowest BCUT2D eigenvalue weighted by Crippen LogP contribution is -2.42. The van der Waals surface area contributed by atoms with E-state index in [9.17, 15) is 0 Å². The van der Waals surface area contributed by atoms with Gasteiger partial charge in [0.25, 0.3) is 0 Å². The van der Waals surface area contributed by atoms with Crippen LogP contribution in [-0.2, 0) is 0 Å². The predicted octanol–water partition coefficient (Wildman–Crippen LogP) is 3.22. The molecule has 0 heterocycles. The Hall–Kier alpha value is -0.0800. The maximum absolute atomic E-state index is 5.72. The molecule has 1 unspecified atom stereocenters. The first-order chi connectivity index (χ1) is 7.83. The van der Waals surface area contributed by atoms with Crippen molar-refractivity contribution in [3.05, 3.63) is 0 Å². The molecular formula is C14H28N2. The van der Waals surface area contributed by atoms with Crippen molar-refractivity contribution in [2.24, 2.45) is 23.6 Å². The summed E-state index contributed by atoms with van der Waals surface area (Å²) in [4.78, 5) is 0. The maximum atomic E-state index is 5.72. The summed E-state index contributed by atoms with van der Waals surface area (Å²) >= 11 is 0. The van der Waals surface area contributed by atoms with Gasteiger partial charge in [0.15, 0.2) is 0 Å². The standard InChI is InChI=1S/C14H28N2/c1-2-3-11-6-8-13(9-7-11)14(16-15)10-12-4-5-12/h11-14,16H,2-10,15H2,1H3. The summed E-state index contributed by atoms with van der Waals surface area (Å²) in [6, 6.07) is 0.607. The molecule has 3 N–H and O–H groups in total. The van der Waals surface area contributed by atoms with E-state index in [4.69, 9.17) is 5.84 Å². The Kier molecular flexibility index (Phi) is 4.66. The van der Waals surface area contributed by atoms with Crippen LogP contribution in [0.25, 0.3) is 0 Å². The van der Waals surface area contributed by atoms with Gasteiger partial charge in [0, 0.05) is 6.04 Å². The van der Waals surface area contributed by atoms with Gasteiger partial charge in [-0.1, -0.05) is 45.4 Å². The molecule has 2 aliphatic carbocycles. The summed E-state index contributed by atoms with van der Waals surface area (Å²) in [5, 5.41) is 0. The van der Waals surface area contributed by atoms with Crippen molar-refractivity contribution in [1.82, 2.24) is 5.43 Å². The van der Waals surface area contributed by atoms with Crippen LogP contribution >= 0.6 is 0 Å². The van der Waals surface area contributed by atoms with Crippen molar-refractivity contribution in [2.45, 2.75) is 70.8 Å². The lowest BCUT2D eigenvalue weighted by atomic mass is 9.76. The molecule has 2 fully saturated rings. The molecule has 94 valence electrons. The first-order valence-electron chi connectivity index (χ1n) is 7.29. The highest BCUT2D eigenvalue weighted by molar-refractivity contribution is 4.86. The lowest BCUT2D eigenvalue weighted by molar-refractivity contribution is 0.204. The molecule has 1 atom stereocenters. The Balaban J connectivity index is 1.72. The first-order valence-corrected chi connectivity index (χ1v) is 7.29. The quantitative estimate of drug-likeness (QED) is 0.537. The van der Waals surface area contributed by atoms with E-state index in [0.29, 0.717) is 6.04 Å². The van der Waals surface area contributed by atoms with Gasteiger partial charge in [-0.3, -0.25) is 11.3 Å². The van der Waals surface area contributed by atoms with E-state index in [1.54, 1.807) is 0 Å². The maximum Gasteiger partial charge on any atom is 0.0241 e. The number of rotatable bonds is 6.